The van der Waals surface area contributed by atoms with Gasteiger partial charge in [-0.25, -0.2) is 0 Å². The van der Waals surface area contributed by atoms with E-state index in [1.165, 1.54) is 31.3 Å². The molecule has 0 aromatic heterocycles. The first-order chi connectivity index (χ1) is 8.29. The Morgan fingerprint density at radius 3 is 2.65 bits per heavy atom. The highest BCUT2D eigenvalue weighted by molar-refractivity contribution is 5.07. The van der Waals surface area contributed by atoms with Gasteiger partial charge in [-0.15, -0.1) is 0 Å². The van der Waals surface area contributed by atoms with Crippen LogP contribution in [0.4, 0.5) is 0 Å². The van der Waals surface area contributed by atoms with Crippen molar-refractivity contribution >= 4 is 0 Å². The van der Waals surface area contributed by atoms with Gasteiger partial charge >= 0.3 is 0 Å². The van der Waals surface area contributed by atoms with Gasteiger partial charge in [-0.05, 0) is 24.8 Å². The lowest BCUT2D eigenvalue weighted by Crippen LogP contribution is -2.41. The van der Waals surface area contributed by atoms with E-state index in [0.29, 0.717) is 0 Å². The molecule has 0 amide bonds. The van der Waals surface area contributed by atoms with Gasteiger partial charge in [-0.2, -0.15) is 0 Å². The minimum Gasteiger partial charge on any atom is -0.389 e. The minimum atomic E-state index is -0.466. The molecule has 1 aliphatic carbocycles. The summed E-state index contributed by atoms with van der Waals surface area (Å²) in [6, 6.07) is 0. The summed E-state index contributed by atoms with van der Waals surface area (Å²) in [7, 11) is 0. The first kappa shape index (κ1) is 13.1. The molecule has 2 aliphatic rings. The first-order valence-electron chi connectivity index (χ1n) is 6.97. The average molecular weight is 239 g/mol. The molecule has 1 fully saturated rings. The highest BCUT2D eigenvalue weighted by atomic mass is 16.5. The maximum atomic E-state index is 10.5. The third-order valence-electron chi connectivity index (χ3n) is 3.82. The molecule has 2 rings (SSSR count). The summed E-state index contributed by atoms with van der Waals surface area (Å²) < 4.78 is 5.40. The van der Waals surface area contributed by atoms with Gasteiger partial charge in [0.1, 0.15) is 0 Å². The molecule has 0 saturated heterocycles. The van der Waals surface area contributed by atoms with Crippen LogP contribution >= 0.6 is 0 Å². The third kappa shape index (κ3) is 4.41. The molecule has 1 aliphatic heterocycles. The van der Waals surface area contributed by atoms with Gasteiger partial charge in [0.25, 0.3) is 0 Å². The molecule has 0 spiro atoms. The van der Waals surface area contributed by atoms with E-state index >= 15 is 0 Å². The molecule has 3 nitrogen and oxygen atoms in total. The van der Waals surface area contributed by atoms with Crippen molar-refractivity contribution in [2.45, 2.75) is 50.5 Å². The Labute approximate surface area is 104 Å². The van der Waals surface area contributed by atoms with E-state index in [-0.39, 0.29) is 0 Å². The molecular formula is C14H25NO2. The normalized spacial score (nSPS) is 25.1. The number of aliphatic hydroxyl groups is 1. The maximum absolute atomic E-state index is 10.5. The molecule has 0 atom stereocenters. The third-order valence-corrected chi connectivity index (χ3v) is 3.82. The van der Waals surface area contributed by atoms with Gasteiger partial charge in [0.2, 0.25) is 0 Å². The molecule has 0 aromatic carbocycles. The van der Waals surface area contributed by atoms with Gasteiger partial charge in [-0.3, -0.25) is 0 Å². The SMILES string of the molecule is OC1(CNCC2=CCCOC2)CCCCCC1. The van der Waals surface area contributed by atoms with E-state index in [2.05, 4.69) is 11.4 Å². The van der Waals surface area contributed by atoms with Crippen molar-refractivity contribution in [3.8, 4) is 0 Å². The van der Waals surface area contributed by atoms with Crippen LogP contribution in [0.1, 0.15) is 44.9 Å². The zero-order chi connectivity index (χ0) is 12.0. The predicted molar refractivity (Wildman–Crippen MR) is 69.0 cm³/mol. The van der Waals surface area contributed by atoms with E-state index in [1.807, 2.05) is 0 Å². The molecule has 0 unspecified atom stereocenters. The summed E-state index contributed by atoms with van der Waals surface area (Å²) in [4.78, 5) is 0. The molecule has 17 heavy (non-hydrogen) atoms. The van der Waals surface area contributed by atoms with Crippen LogP contribution in [0.2, 0.25) is 0 Å². The van der Waals surface area contributed by atoms with Crippen molar-refractivity contribution < 1.29 is 9.84 Å². The maximum Gasteiger partial charge on any atom is 0.0771 e. The van der Waals surface area contributed by atoms with Crippen LogP contribution in [-0.4, -0.2) is 37.0 Å². The molecule has 1 saturated carbocycles. The quantitative estimate of drug-likeness (QED) is 0.582. The Hall–Kier alpha value is -0.380. The van der Waals surface area contributed by atoms with E-state index in [0.717, 1.165) is 45.6 Å². The minimum absolute atomic E-state index is 0.466. The largest absolute Gasteiger partial charge is 0.389 e. The number of ether oxygens (including phenoxy) is 1. The Kier molecular flexibility index (Phi) is 5.01. The van der Waals surface area contributed by atoms with Crippen LogP contribution in [0.5, 0.6) is 0 Å². The Balaban J connectivity index is 1.70. The van der Waals surface area contributed by atoms with Crippen LogP contribution in [-0.2, 0) is 4.74 Å². The van der Waals surface area contributed by atoms with Crippen molar-refractivity contribution in [1.29, 1.82) is 0 Å². The standard InChI is InChI=1S/C14H25NO2/c16-14(7-3-1-2-4-8-14)12-15-10-13-6-5-9-17-11-13/h6,15-16H,1-5,7-12H2. The highest BCUT2D eigenvalue weighted by Crippen LogP contribution is 2.26. The summed E-state index contributed by atoms with van der Waals surface area (Å²) in [5, 5.41) is 13.9. The first-order valence-corrected chi connectivity index (χ1v) is 6.97. The highest BCUT2D eigenvalue weighted by Gasteiger charge is 2.27. The van der Waals surface area contributed by atoms with Crippen molar-refractivity contribution in [3.63, 3.8) is 0 Å². The smallest absolute Gasteiger partial charge is 0.0771 e. The number of hydrogen-bond acceptors (Lipinski definition) is 3. The summed E-state index contributed by atoms with van der Waals surface area (Å²) >= 11 is 0. The van der Waals surface area contributed by atoms with Gasteiger partial charge in [0, 0.05) is 13.1 Å². The van der Waals surface area contributed by atoms with E-state index in [4.69, 9.17) is 4.74 Å². The van der Waals surface area contributed by atoms with Crippen LogP contribution in [0.25, 0.3) is 0 Å². The molecule has 0 bridgehead atoms. The van der Waals surface area contributed by atoms with Crippen LogP contribution in [0, 0.1) is 0 Å². The second kappa shape index (κ2) is 6.53. The van der Waals surface area contributed by atoms with Crippen LogP contribution in [0.15, 0.2) is 11.6 Å². The Morgan fingerprint density at radius 1 is 1.24 bits per heavy atom. The summed E-state index contributed by atoms with van der Waals surface area (Å²) in [5.74, 6) is 0. The predicted octanol–water partition coefficient (Wildman–Crippen LogP) is 2.01. The van der Waals surface area contributed by atoms with E-state index in [9.17, 15) is 5.11 Å². The molecule has 98 valence electrons. The van der Waals surface area contributed by atoms with Gasteiger partial charge in [-0.1, -0.05) is 31.8 Å². The second-order valence-corrected chi connectivity index (χ2v) is 5.45. The topological polar surface area (TPSA) is 41.5 Å². The molecule has 1 heterocycles. The molecule has 2 N–H and O–H groups in total. The Morgan fingerprint density at radius 2 is 2.00 bits per heavy atom. The fourth-order valence-corrected chi connectivity index (χ4v) is 2.75. The van der Waals surface area contributed by atoms with Crippen molar-refractivity contribution in [2.75, 3.05) is 26.3 Å². The van der Waals surface area contributed by atoms with Crippen molar-refractivity contribution in [1.82, 2.24) is 5.32 Å². The summed E-state index contributed by atoms with van der Waals surface area (Å²) in [5.41, 5.74) is 0.862. The lowest BCUT2D eigenvalue weighted by atomic mass is 9.94. The monoisotopic (exact) mass is 239 g/mol. The van der Waals surface area contributed by atoms with Gasteiger partial charge < -0.3 is 15.2 Å². The van der Waals surface area contributed by atoms with Crippen molar-refractivity contribution in [2.24, 2.45) is 0 Å². The molecule has 0 radical (unpaired) electrons. The molecule has 0 aromatic rings. The lowest BCUT2D eigenvalue weighted by Gasteiger charge is -2.27. The number of rotatable bonds is 4. The average Bonchev–Trinajstić information content (AvgIpc) is 2.56. The summed E-state index contributed by atoms with van der Waals surface area (Å²) in [6.45, 7) is 3.20. The number of nitrogens with one attached hydrogen (secondary N) is 1. The van der Waals surface area contributed by atoms with Crippen LogP contribution < -0.4 is 5.32 Å². The van der Waals surface area contributed by atoms with Crippen LogP contribution in [0.3, 0.4) is 0 Å². The number of hydrogen-bond donors (Lipinski definition) is 2. The van der Waals surface area contributed by atoms with Gasteiger partial charge in [0.05, 0.1) is 18.8 Å². The van der Waals surface area contributed by atoms with E-state index < -0.39 is 5.60 Å². The summed E-state index contributed by atoms with van der Waals surface area (Å²) in [6.07, 6.45) is 10.1. The van der Waals surface area contributed by atoms with E-state index in [1.54, 1.807) is 0 Å². The fourth-order valence-electron chi connectivity index (χ4n) is 2.75. The van der Waals surface area contributed by atoms with Gasteiger partial charge in [0.15, 0.2) is 0 Å². The molecular weight excluding hydrogens is 214 g/mol. The molecule has 3 heteroatoms. The Bertz CT molecular complexity index is 255. The lowest BCUT2D eigenvalue weighted by molar-refractivity contribution is 0.0257. The second-order valence-electron chi connectivity index (χ2n) is 5.45. The zero-order valence-electron chi connectivity index (χ0n) is 10.7. The van der Waals surface area contributed by atoms with Crippen molar-refractivity contribution in [3.05, 3.63) is 11.6 Å². The fraction of sp³-hybridized carbons (Fsp3) is 0.857. The zero-order valence-corrected chi connectivity index (χ0v) is 10.7.